The van der Waals surface area contributed by atoms with E-state index in [2.05, 4.69) is 0 Å². The maximum absolute atomic E-state index is 12.9. The third kappa shape index (κ3) is 3.89. The fraction of sp³-hybridized carbons (Fsp3) is 0.273. The van der Waals surface area contributed by atoms with Crippen LogP contribution in [0.25, 0.3) is 6.08 Å². The van der Waals surface area contributed by atoms with Crippen molar-refractivity contribution in [2.45, 2.75) is 13.8 Å². The number of benzene rings is 2. The number of ketones is 2. The lowest BCUT2D eigenvalue weighted by molar-refractivity contribution is -0.118. The fourth-order valence-corrected chi connectivity index (χ4v) is 3.13. The SMILES string of the molecule is COc1ccc(/C=C2\Oc3cc(OCC(C)=O)cc(C)c3C2=O)c(OC)c1OC. The first-order valence-electron chi connectivity index (χ1n) is 8.89. The summed E-state index contributed by atoms with van der Waals surface area (Å²) in [6.07, 6.45) is 1.60. The molecule has 0 bridgehead atoms. The average molecular weight is 398 g/mol. The zero-order valence-corrected chi connectivity index (χ0v) is 17.0. The van der Waals surface area contributed by atoms with E-state index in [-0.39, 0.29) is 23.9 Å². The second-order valence-electron chi connectivity index (χ2n) is 6.47. The lowest BCUT2D eigenvalue weighted by Gasteiger charge is -2.14. The van der Waals surface area contributed by atoms with Crippen molar-refractivity contribution < 1.29 is 33.3 Å². The van der Waals surface area contributed by atoms with Crippen molar-refractivity contribution in [1.82, 2.24) is 0 Å². The molecule has 0 aliphatic carbocycles. The van der Waals surface area contributed by atoms with Gasteiger partial charge in [0.1, 0.15) is 18.1 Å². The first-order chi connectivity index (χ1) is 13.9. The van der Waals surface area contributed by atoms with Crippen LogP contribution in [-0.2, 0) is 4.79 Å². The molecule has 1 heterocycles. The minimum atomic E-state index is -0.243. The highest BCUT2D eigenvalue weighted by atomic mass is 16.5. The van der Waals surface area contributed by atoms with Crippen LogP contribution in [0.5, 0.6) is 28.7 Å². The van der Waals surface area contributed by atoms with Gasteiger partial charge in [0, 0.05) is 11.6 Å². The Balaban J connectivity index is 1.99. The van der Waals surface area contributed by atoms with Gasteiger partial charge in [0.05, 0.1) is 26.9 Å². The number of hydrogen-bond donors (Lipinski definition) is 0. The average Bonchev–Trinajstić information content (AvgIpc) is 3.01. The molecule has 0 aromatic heterocycles. The zero-order valence-electron chi connectivity index (χ0n) is 17.0. The summed E-state index contributed by atoms with van der Waals surface area (Å²) >= 11 is 0. The molecule has 0 radical (unpaired) electrons. The van der Waals surface area contributed by atoms with Crippen LogP contribution in [0, 0.1) is 6.92 Å². The normalized spacial score (nSPS) is 13.7. The molecule has 1 aliphatic rings. The van der Waals surface area contributed by atoms with Gasteiger partial charge in [0.2, 0.25) is 11.5 Å². The van der Waals surface area contributed by atoms with E-state index < -0.39 is 0 Å². The number of aryl methyl sites for hydroxylation is 1. The van der Waals surface area contributed by atoms with Crippen molar-refractivity contribution in [2.24, 2.45) is 0 Å². The predicted molar refractivity (Wildman–Crippen MR) is 106 cm³/mol. The third-order valence-corrected chi connectivity index (χ3v) is 4.41. The Kier molecular flexibility index (Phi) is 5.77. The molecule has 0 amide bonds. The van der Waals surface area contributed by atoms with Gasteiger partial charge in [-0.05, 0) is 43.7 Å². The molecular weight excluding hydrogens is 376 g/mol. The number of allylic oxidation sites excluding steroid dienone is 1. The van der Waals surface area contributed by atoms with E-state index in [0.717, 1.165) is 0 Å². The van der Waals surface area contributed by atoms with Crippen LogP contribution in [-0.4, -0.2) is 39.5 Å². The van der Waals surface area contributed by atoms with Gasteiger partial charge in [0.15, 0.2) is 23.0 Å². The summed E-state index contributed by atoms with van der Waals surface area (Å²) in [5.74, 6) is 2.02. The van der Waals surface area contributed by atoms with Crippen LogP contribution < -0.4 is 23.7 Å². The summed E-state index contributed by atoms with van der Waals surface area (Å²) < 4.78 is 27.4. The van der Waals surface area contributed by atoms with Gasteiger partial charge in [-0.1, -0.05) is 0 Å². The Morgan fingerprint density at radius 1 is 1.07 bits per heavy atom. The predicted octanol–water partition coefficient (Wildman–Crippen LogP) is 3.60. The van der Waals surface area contributed by atoms with Crippen molar-refractivity contribution in [3.63, 3.8) is 0 Å². The lowest BCUT2D eigenvalue weighted by Crippen LogP contribution is -2.07. The highest BCUT2D eigenvalue weighted by Gasteiger charge is 2.30. The third-order valence-electron chi connectivity index (χ3n) is 4.41. The Hall–Kier alpha value is -3.48. The second-order valence-corrected chi connectivity index (χ2v) is 6.47. The van der Waals surface area contributed by atoms with Crippen molar-refractivity contribution >= 4 is 17.6 Å². The number of carbonyl (C=O) groups excluding carboxylic acids is 2. The molecule has 0 saturated carbocycles. The number of methoxy groups -OCH3 is 3. The highest BCUT2D eigenvalue weighted by molar-refractivity contribution is 6.15. The van der Waals surface area contributed by atoms with E-state index in [9.17, 15) is 9.59 Å². The Bertz CT molecular complexity index is 1000. The van der Waals surface area contributed by atoms with Crippen molar-refractivity contribution in [1.29, 1.82) is 0 Å². The molecule has 1 aliphatic heterocycles. The molecule has 7 heteroatoms. The first-order valence-corrected chi connectivity index (χ1v) is 8.89. The van der Waals surface area contributed by atoms with E-state index in [1.54, 1.807) is 37.3 Å². The molecule has 3 rings (SSSR count). The molecule has 0 atom stereocenters. The van der Waals surface area contributed by atoms with Crippen molar-refractivity contribution in [3.8, 4) is 28.7 Å². The number of rotatable bonds is 7. The molecule has 7 nitrogen and oxygen atoms in total. The van der Waals surface area contributed by atoms with Crippen LogP contribution in [0.2, 0.25) is 0 Å². The number of fused-ring (bicyclic) bond motifs is 1. The largest absolute Gasteiger partial charge is 0.493 e. The maximum atomic E-state index is 12.9. The van der Waals surface area contributed by atoms with E-state index in [0.29, 0.717) is 45.4 Å². The molecule has 0 unspecified atom stereocenters. The highest BCUT2D eigenvalue weighted by Crippen LogP contribution is 2.42. The van der Waals surface area contributed by atoms with Crippen LogP contribution in [0.4, 0.5) is 0 Å². The molecule has 0 N–H and O–H groups in total. The minimum absolute atomic E-state index is 0.0439. The summed E-state index contributed by atoms with van der Waals surface area (Å²) in [6, 6.07) is 6.79. The minimum Gasteiger partial charge on any atom is -0.493 e. The summed E-state index contributed by atoms with van der Waals surface area (Å²) in [6.45, 7) is 3.19. The maximum Gasteiger partial charge on any atom is 0.232 e. The topological polar surface area (TPSA) is 80.3 Å². The van der Waals surface area contributed by atoms with Gasteiger partial charge in [0.25, 0.3) is 0 Å². The van der Waals surface area contributed by atoms with E-state index in [4.69, 9.17) is 23.7 Å². The van der Waals surface area contributed by atoms with Crippen LogP contribution in [0.3, 0.4) is 0 Å². The van der Waals surface area contributed by atoms with Gasteiger partial charge in [-0.15, -0.1) is 0 Å². The number of ether oxygens (including phenoxy) is 5. The van der Waals surface area contributed by atoms with Crippen molar-refractivity contribution in [3.05, 3.63) is 46.7 Å². The molecule has 2 aromatic rings. The zero-order chi connectivity index (χ0) is 21.1. The Labute approximate surface area is 168 Å². The van der Waals surface area contributed by atoms with Crippen molar-refractivity contribution in [2.75, 3.05) is 27.9 Å². The monoisotopic (exact) mass is 398 g/mol. The van der Waals surface area contributed by atoms with Gasteiger partial charge < -0.3 is 23.7 Å². The lowest BCUT2D eigenvalue weighted by atomic mass is 10.0. The molecule has 152 valence electrons. The van der Waals surface area contributed by atoms with Crippen LogP contribution >= 0.6 is 0 Å². The standard InChI is InChI=1S/C22H22O7/c1-12-8-15(28-11-13(2)23)10-17-19(12)20(24)18(29-17)9-14-6-7-16(25-3)22(27-5)21(14)26-4/h6-10H,11H2,1-5H3/b18-9-. The molecule has 29 heavy (non-hydrogen) atoms. The smallest absolute Gasteiger partial charge is 0.232 e. The number of hydrogen-bond acceptors (Lipinski definition) is 7. The Morgan fingerprint density at radius 3 is 2.41 bits per heavy atom. The molecule has 2 aromatic carbocycles. The van der Waals surface area contributed by atoms with Crippen LogP contribution in [0.1, 0.15) is 28.4 Å². The first kappa shape index (κ1) is 20.3. The number of carbonyl (C=O) groups is 2. The molecule has 0 saturated heterocycles. The van der Waals surface area contributed by atoms with E-state index in [1.807, 2.05) is 0 Å². The van der Waals surface area contributed by atoms with Crippen LogP contribution in [0.15, 0.2) is 30.0 Å². The van der Waals surface area contributed by atoms with Gasteiger partial charge in [-0.3, -0.25) is 9.59 Å². The quantitative estimate of drug-likeness (QED) is 0.659. The summed E-state index contributed by atoms with van der Waals surface area (Å²) in [5, 5.41) is 0. The molecular formula is C22H22O7. The summed E-state index contributed by atoms with van der Waals surface area (Å²) in [7, 11) is 4.55. The van der Waals surface area contributed by atoms with E-state index in [1.165, 1.54) is 28.3 Å². The van der Waals surface area contributed by atoms with Gasteiger partial charge >= 0.3 is 0 Å². The van der Waals surface area contributed by atoms with Gasteiger partial charge in [-0.25, -0.2) is 0 Å². The number of Topliss-reactive ketones (excluding diaryl/α,β-unsaturated/α-hetero) is 2. The summed E-state index contributed by atoms with van der Waals surface area (Å²) in [5.41, 5.74) is 1.77. The Morgan fingerprint density at radius 2 is 1.79 bits per heavy atom. The molecule has 0 fully saturated rings. The van der Waals surface area contributed by atoms with E-state index >= 15 is 0 Å². The fourth-order valence-electron chi connectivity index (χ4n) is 3.13. The second kappa shape index (κ2) is 8.26. The van der Waals surface area contributed by atoms with Gasteiger partial charge in [-0.2, -0.15) is 0 Å². The summed E-state index contributed by atoms with van der Waals surface area (Å²) in [4.78, 5) is 24.0. The molecule has 0 spiro atoms.